The summed E-state index contributed by atoms with van der Waals surface area (Å²) in [6.45, 7) is 0. The van der Waals surface area contributed by atoms with Gasteiger partial charge in [0.05, 0.1) is 5.41 Å². The summed E-state index contributed by atoms with van der Waals surface area (Å²) < 4.78 is 114. The number of hydrogen-bond acceptors (Lipinski definition) is 0. The van der Waals surface area contributed by atoms with Gasteiger partial charge in [0.2, 0.25) is 0 Å². The van der Waals surface area contributed by atoms with Gasteiger partial charge in [-0.2, -0.15) is 39.5 Å². The van der Waals surface area contributed by atoms with E-state index in [-0.39, 0.29) is 12.8 Å². The van der Waals surface area contributed by atoms with Crippen LogP contribution in [0, 0.1) is 11.3 Å². The second kappa shape index (κ2) is 5.87. The highest BCUT2D eigenvalue weighted by atomic mass is 19.4. The second-order valence-electron chi connectivity index (χ2n) is 5.51. The van der Waals surface area contributed by atoms with Crippen molar-refractivity contribution in [1.82, 2.24) is 0 Å². The molecule has 21 heavy (non-hydrogen) atoms. The predicted octanol–water partition coefficient (Wildman–Crippen LogP) is 6.02. The standard InChI is InChI=1S/C12H15F9/c13-10(14,15)8(11(16,17)18)4-7-9(12(19,20)21)5-2-1-3-6-9/h8H,1-7H2. The fourth-order valence-corrected chi connectivity index (χ4v) is 2.84. The summed E-state index contributed by atoms with van der Waals surface area (Å²) in [7, 11) is 0. The molecule has 9 heteroatoms. The third kappa shape index (κ3) is 4.42. The maximum absolute atomic E-state index is 13.1. The summed E-state index contributed by atoms with van der Waals surface area (Å²) in [5.74, 6) is -3.70. The number of hydrogen-bond donors (Lipinski definition) is 0. The van der Waals surface area contributed by atoms with E-state index in [1.807, 2.05) is 0 Å². The van der Waals surface area contributed by atoms with Crippen LogP contribution in [0.2, 0.25) is 0 Å². The third-order valence-electron chi connectivity index (χ3n) is 4.11. The van der Waals surface area contributed by atoms with Crippen LogP contribution in [0.3, 0.4) is 0 Å². The number of alkyl halides is 9. The number of halogens is 9. The molecular weight excluding hydrogens is 315 g/mol. The molecule has 0 spiro atoms. The Hall–Kier alpha value is -0.630. The van der Waals surface area contributed by atoms with Crippen LogP contribution in [-0.4, -0.2) is 18.5 Å². The van der Waals surface area contributed by atoms with Crippen molar-refractivity contribution in [2.75, 3.05) is 0 Å². The first kappa shape index (κ1) is 18.4. The molecule has 0 heterocycles. The average molecular weight is 330 g/mol. The molecule has 0 aliphatic heterocycles. The first-order valence-electron chi connectivity index (χ1n) is 6.50. The fraction of sp³-hybridized carbons (Fsp3) is 1.00. The van der Waals surface area contributed by atoms with Crippen molar-refractivity contribution in [3.63, 3.8) is 0 Å². The van der Waals surface area contributed by atoms with Crippen LogP contribution in [0.15, 0.2) is 0 Å². The SMILES string of the molecule is FC(F)(F)C(CCC1(C(F)(F)F)CCCCC1)C(F)(F)F. The van der Waals surface area contributed by atoms with E-state index in [4.69, 9.17) is 0 Å². The Labute approximate surface area is 115 Å². The molecule has 0 bridgehead atoms. The van der Waals surface area contributed by atoms with E-state index >= 15 is 0 Å². The van der Waals surface area contributed by atoms with Crippen molar-refractivity contribution < 1.29 is 39.5 Å². The molecule has 126 valence electrons. The summed E-state index contributed by atoms with van der Waals surface area (Å²) in [6.07, 6.45) is -18.6. The van der Waals surface area contributed by atoms with Crippen molar-refractivity contribution >= 4 is 0 Å². The highest BCUT2D eigenvalue weighted by Crippen LogP contribution is 2.54. The highest BCUT2D eigenvalue weighted by molar-refractivity contribution is 4.91. The molecule has 0 N–H and O–H groups in total. The summed E-state index contributed by atoms with van der Waals surface area (Å²) in [4.78, 5) is 0. The molecule has 0 unspecified atom stereocenters. The second-order valence-corrected chi connectivity index (χ2v) is 5.51. The molecule has 0 aromatic carbocycles. The van der Waals surface area contributed by atoms with Crippen LogP contribution < -0.4 is 0 Å². The quantitative estimate of drug-likeness (QED) is 0.555. The maximum atomic E-state index is 13.1. The lowest BCUT2D eigenvalue weighted by Crippen LogP contribution is -2.43. The minimum atomic E-state index is -5.58. The molecule has 1 aliphatic carbocycles. The molecule has 0 aromatic heterocycles. The molecule has 1 aliphatic rings. The van der Waals surface area contributed by atoms with Crippen LogP contribution in [0.25, 0.3) is 0 Å². The molecule has 0 saturated heterocycles. The van der Waals surface area contributed by atoms with Crippen LogP contribution >= 0.6 is 0 Å². The fourth-order valence-electron chi connectivity index (χ4n) is 2.84. The lowest BCUT2D eigenvalue weighted by atomic mass is 9.69. The average Bonchev–Trinajstić information content (AvgIpc) is 2.25. The van der Waals surface area contributed by atoms with Crippen LogP contribution in [0.5, 0.6) is 0 Å². The van der Waals surface area contributed by atoms with E-state index in [1.165, 1.54) is 0 Å². The maximum Gasteiger partial charge on any atom is 0.400 e. The van der Waals surface area contributed by atoms with Crippen LogP contribution in [0.4, 0.5) is 39.5 Å². The van der Waals surface area contributed by atoms with Crippen molar-refractivity contribution in [2.45, 2.75) is 63.5 Å². The minimum Gasteiger partial charge on any atom is -0.171 e. The lowest BCUT2D eigenvalue weighted by molar-refractivity contribution is -0.293. The summed E-state index contributed by atoms with van der Waals surface area (Å²) in [6, 6.07) is 0. The molecular formula is C12H15F9. The Morgan fingerprint density at radius 1 is 0.714 bits per heavy atom. The van der Waals surface area contributed by atoms with Crippen molar-refractivity contribution in [1.29, 1.82) is 0 Å². The van der Waals surface area contributed by atoms with Crippen molar-refractivity contribution in [3.8, 4) is 0 Å². The van der Waals surface area contributed by atoms with E-state index in [1.54, 1.807) is 0 Å². The van der Waals surface area contributed by atoms with E-state index in [0.717, 1.165) is 0 Å². The Balaban J connectivity index is 2.90. The van der Waals surface area contributed by atoms with Gasteiger partial charge in [0, 0.05) is 0 Å². The molecule has 1 fully saturated rings. The first-order valence-corrected chi connectivity index (χ1v) is 6.50. The van der Waals surface area contributed by atoms with E-state index in [9.17, 15) is 39.5 Å². The van der Waals surface area contributed by atoms with Gasteiger partial charge in [-0.1, -0.05) is 19.3 Å². The van der Waals surface area contributed by atoms with Crippen molar-refractivity contribution in [3.05, 3.63) is 0 Å². The Bertz CT molecular complexity index is 316. The largest absolute Gasteiger partial charge is 0.400 e. The van der Waals surface area contributed by atoms with Gasteiger partial charge in [-0.15, -0.1) is 0 Å². The summed E-state index contributed by atoms with van der Waals surface area (Å²) in [5, 5.41) is 0. The lowest BCUT2D eigenvalue weighted by Gasteiger charge is -2.40. The minimum absolute atomic E-state index is 0.169. The number of rotatable bonds is 3. The normalized spacial score (nSPS) is 20.9. The van der Waals surface area contributed by atoms with E-state index in [2.05, 4.69) is 0 Å². The third-order valence-corrected chi connectivity index (χ3v) is 4.11. The molecule has 1 saturated carbocycles. The van der Waals surface area contributed by atoms with Gasteiger partial charge >= 0.3 is 18.5 Å². The van der Waals surface area contributed by atoms with Gasteiger partial charge in [-0.05, 0) is 25.7 Å². The first-order chi connectivity index (χ1) is 9.30. The monoisotopic (exact) mass is 330 g/mol. The zero-order chi connectivity index (χ0) is 16.5. The summed E-state index contributed by atoms with van der Waals surface area (Å²) >= 11 is 0. The van der Waals surface area contributed by atoms with Crippen LogP contribution in [-0.2, 0) is 0 Å². The Morgan fingerprint density at radius 3 is 1.48 bits per heavy atom. The summed E-state index contributed by atoms with van der Waals surface area (Å²) in [5.41, 5.74) is -2.42. The smallest absolute Gasteiger partial charge is 0.171 e. The van der Waals surface area contributed by atoms with Gasteiger partial charge in [0.1, 0.15) is 0 Å². The molecule has 0 amide bonds. The zero-order valence-corrected chi connectivity index (χ0v) is 10.9. The van der Waals surface area contributed by atoms with Gasteiger partial charge in [0.25, 0.3) is 0 Å². The highest BCUT2D eigenvalue weighted by Gasteiger charge is 2.59. The topological polar surface area (TPSA) is 0 Å². The van der Waals surface area contributed by atoms with E-state index in [0.29, 0.717) is 6.42 Å². The van der Waals surface area contributed by atoms with Gasteiger partial charge in [0.15, 0.2) is 5.92 Å². The Morgan fingerprint density at radius 2 is 1.14 bits per heavy atom. The molecule has 1 rings (SSSR count). The van der Waals surface area contributed by atoms with Gasteiger partial charge in [-0.25, -0.2) is 0 Å². The van der Waals surface area contributed by atoms with Crippen molar-refractivity contribution in [2.24, 2.45) is 11.3 Å². The predicted molar refractivity (Wildman–Crippen MR) is 56.4 cm³/mol. The molecule has 0 atom stereocenters. The molecule has 0 nitrogen and oxygen atoms in total. The molecule has 0 radical (unpaired) electrons. The zero-order valence-electron chi connectivity index (χ0n) is 10.9. The van der Waals surface area contributed by atoms with E-state index < -0.39 is 55.5 Å². The molecule has 0 aromatic rings. The Kier molecular flexibility index (Phi) is 5.15. The van der Waals surface area contributed by atoms with Gasteiger partial charge in [-0.3, -0.25) is 0 Å². The van der Waals surface area contributed by atoms with Crippen LogP contribution in [0.1, 0.15) is 44.9 Å². The van der Waals surface area contributed by atoms with Gasteiger partial charge < -0.3 is 0 Å².